The maximum absolute atomic E-state index is 12.5. The highest BCUT2D eigenvalue weighted by atomic mass is 16.6. The van der Waals surface area contributed by atoms with E-state index >= 15 is 0 Å². The van der Waals surface area contributed by atoms with Crippen LogP contribution in [-0.4, -0.2) is 100 Å². The summed E-state index contributed by atoms with van der Waals surface area (Å²) in [4.78, 5) is 48.1. The molecule has 1 aliphatic carbocycles. The Kier molecular flexibility index (Phi) is 14.4. The zero-order valence-corrected chi connectivity index (χ0v) is 18.9. The first-order chi connectivity index (χ1) is 16.4. The molecule has 0 bridgehead atoms. The molecular weight excluding hydrogens is 456 g/mol. The molecule has 0 heterocycles. The molecule has 1 saturated carbocycles. The van der Waals surface area contributed by atoms with E-state index in [1.807, 2.05) is 0 Å². The summed E-state index contributed by atoms with van der Waals surface area (Å²) in [5, 5.41) is 18.8. The number of hydrogen-bond acceptors (Lipinski definition) is 10. The Balaban J connectivity index is 2.54. The summed E-state index contributed by atoms with van der Waals surface area (Å²) in [7, 11) is 0. The lowest BCUT2D eigenvalue weighted by atomic mass is 9.56. The van der Waals surface area contributed by atoms with E-state index in [0.717, 1.165) is 0 Å². The van der Waals surface area contributed by atoms with Crippen LogP contribution in [0, 0.1) is 23.7 Å². The summed E-state index contributed by atoms with van der Waals surface area (Å²) in [6.07, 6.45) is 3.16. The van der Waals surface area contributed by atoms with Gasteiger partial charge in [0, 0.05) is 0 Å². The Morgan fingerprint density at radius 1 is 0.559 bits per heavy atom. The number of carbonyl (C=O) groups excluding carboxylic acids is 2. The van der Waals surface area contributed by atoms with E-state index in [9.17, 15) is 29.4 Å². The number of hydrogen-bond donors (Lipinski definition) is 2. The molecule has 4 atom stereocenters. The minimum atomic E-state index is -1.62. The molecule has 0 spiro atoms. The van der Waals surface area contributed by atoms with Gasteiger partial charge >= 0.3 is 23.9 Å². The fraction of sp³-hybridized carbons (Fsp3) is 0.636. The first-order valence-electron chi connectivity index (χ1n) is 10.7. The molecule has 2 N–H and O–H groups in total. The quantitative estimate of drug-likeness (QED) is 0.136. The Labute approximate surface area is 197 Å². The number of carboxylic acids is 2. The highest BCUT2D eigenvalue weighted by Crippen LogP contribution is 2.48. The Bertz CT molecular complexity index is 633. The number of carbonyl (C=O) groups is 4. The van der Waals surface area contributed by atoms with Gasteiger partial charge in [-0.1, -0.05) is 12.2 Å². The Morgan fingerprint density at radius 3 is 1.21 bits per heavy atom. The van der Waals surface area contributed by atoms with Gasteiger partial charge in [0.25, 0.3) is 0 Å². The van der Waals surface area contributed by atoms with Crippen LogP contribution in [0.25, 0.3) is 0 Å². The third kappa shape index (κ3) is 9.59. The van der Waals surface area contributed by atoms with Gasteiger partial charge in [-0.3, -0.25) is 19.2 Å². The van der Waals surface area contributed by atoms with Crippen LogP contribution in [0.4, 0.5) is 0 Å². The predicted molar refractivity (Wildman–Crippen MR) is 115 cm³/mol. The zero-order chi connectivity index (χ0) is 25.3. The maximum atomic E-state index is 12.5. The topological polar surface area (TPSA) is 164 Å². The lowest BCUT2D eigenvalue weighted by Gasteiger charge is -2.43. The minimum absolute atomic E-state index is 0.0129. The lowest BCUT2D eigenvalue weighted by molar-refractivity contribution is -0.197. The van der Waals surface area contributed by atoms with Gasteiger partial charge in [0.2, 0.25) is 0 Å². The fourth-order valence-electron chi connectivity index (χ4n) is 3.32. The fourth-order valence-corrected chi connectivity index (χ4v) is 3.32. The summed E-state index contributed by atoms with van der Waals surface area (Å²) in [5.41, 5.74) is 0. The smallest absolute Gasteiger partial charge is 0.310 e. The summed E-state index contributed by atoms with van der Waals surface area (Å²) in [6, 6.07) is 0. The first kappa shape index (κ1) is 29.2. The molecule has 1 fully saturated rings. The number of aliphatic carboxylic acids is 2. The molecule has 34 heavy (non-hydrogen) atoms. The highest BCUT2D eigenvalue weighted by molar-refractivity contribution is 5.96. The number of esters is 2. The molecule has 0 aliphatic heterocycles. The second-order valence-corrected chi connectivity index (χ2v) is 7.07. The van der Waals surface area contributed by atoms with Crippen LogP contribution in [0.15, 0.2) is 25.3 Å². The van der Waals surface area contributed by atoms with Crippen molar-refractivity contribution in [2.45, 2.75) is 0 Å². The van der Waals surface area contributed by atoms with Crippen LogP contribution in [0.3, 0.4) is 0 Å². The normalized spacial score (nSPS) is 21.2. The van der Waals surface area contributed by atoms with Gasteiger partial charge in [0.1, 0.15) is 13.2 Å². The molecule has 0 amide bonds. The van der Waals surface area contributed by atoms with Crippen molar-refractivity contribution in [1.29, 1.82) is 0 Å². The second kappa shape index (κ2) is 16.8. The summed E-state index contributed by atoms with van der Waals surface area (Å²) in [6.45, 7) is 8.46. The van der Waals surface area contributed by atoms with Crippen LogP contribution in [0.2, 0.25) is 0 Å². The van der Waals surface area contributed by atoms with Crippen molar-refractivity contribution in [3.63, 3.8) is 0 Å². The zero-order valence-electron chi connectivity index (χ0n) is 18.9. The lowest BCUT2D eigenvalue weighted by Crippen LogP contribution is -2.60. The molecule has 4 unspecified atom stereocenters. The first-order valence-corrected chi connectivity index (χ1v) is 10.7. The van der Waals surface area contributed by atoms with Crippen molar-refractivity contribution in [2.75, 3.05) is 66.1 Å². The van der Waals surface area contributed by atoms with Crippen LogP contribution >= 0.6 is 0 Å². The maximum Gasteiger partial charge on any atom is 0.310 e. The van der Waals surface area contributed by atoms with Crippen molar-refractivity contribution in [2.24, 2.45) is 23.7 Å². The SMILES string of the molecule is C=CCOCCOCCOC(=O)C1C(C(=O)O)C(C(=O)O)C1C(=O)OCCOCCOCC=C. The van der Waals surface area contributed by atoms with E-state index in [1.165, 1.54) is 0 Å². The third-order valence-corrected chi connectivity index (χ3v) is 4.82. The average Bonchev–Trinajstić information content (AvgIpc) is 2.76. The number of ether oxygens (including phenoxy) is 6. The van der Waals surface area contributed by atoms with Crippen LogP contribution in [0.5, 0.6) is 0 Å². The molecule has 0 aromatic heterocycles. The average molecular weight is 488 g/mol. The van der Waals surface area contributed by atoms with E-state index in [4.69, 9.17) is 28.4 Å². The van der Waals surface area contributed by atoms with Crippen molar-refractivity contribution in [3.05, 3.63) is 25.3 Å². The molecular formula is C22H32O12. The minimum Gasteiger partial charge on any atom is -0.481 e. The van der Waals surface area contributed by atoms with Gasteiger partial charge in [-0.25, -0.2) is 0 Å². The van der Waals surface area contributed by atoms with E-state index < -0.39 is 47.5 Å². The van der Waals surface area contributed by atoms with Crippen molar-refractivity contribution in [3.8, 4) is 0 Å². The van der Waals surface area contributed by atoms with Crippen LogP contribution in [0.1, 0.15) is 0 Å². The molecule has 1 aliphatic rings. The summed E-state index contributed by atoms with van der Waals surface area (Å²) < 4.78 is 30.7. The van der Waals surface area contributed by atoms with Gasteiger partial charge in [-0.15, -0.1) is 13.2 Å². The molecule has 12 heteroatoms. The van der Waals surface area contributed by atoms with Crippen molar-refractivity contribution < 1.29 is 57.8 Å². The van der Waals surface area contributed by atoms with Gasteiger partial charge in [0.15, 0.2) is 0 Å². The molecule has 1 rings (SSSR count). The van der Waals surface area contributed by atoms with Crippen LogP contribution in [-0.2, 0) is 47.6 Å². The van der Waals surface area contributed by atoms with E-state index in [-0.39, 0.29) is 39.6 Å². The molecule has 0 saturated heterocycles. The number of carboxylic acid groups (broad SMARTS) is 2. The monoisotopic (exact) mass is 488 g/mol. The van der Waals surface area contributed by atoms with E-state index in [1.54, 1.807) is 12.2 Å². The number of rotatable bonds is 20. The largest absolute Gasteiger partial charge is 0.481 e. The standard InChI is InChI=1S/C22H32O12/c1-3-5-29-7-9-31-11-13-33-21(27)17-15(19(23)24)16(20(25)26)18(17)22(28)34-14-12-32-10-8-30-6-4-2/h3-4,15-18H,1-2,5-14H2,(H,23,24)(H,25,26). The molecule has 0 radical (unpaired) electrons. The Hall–Kier alpha value is -2.80. The molecule has 12 nitrogen and oxygen atoms in total. The Morgan fingerprint density at radius 2 is 0.882 bits per heavy atom. The van der Waals surface area contributed by atoms with Gasteiger partial charge < -0.3 is 38.6 Å². The van der Waals surface area contributed by atoms with Crippen molar-refractivity contribution in [1.82, 2.24) is 0 Å². The van der Waals surface area contributed by atoms with E-state index in [2.05, 4.69) is 13.2 Å². The van der Waals surface area contributed by atoms with Gasteiger partial charge in [-0.05, 0) is 0 Å². The third-order valence-electron chi connectivity index (χ3n) is 4.82. The predicted octanol–water partition coefficient (Wildman–Crippen LogP) is 0.159. The molecule has 192 valence electrons. The van der Waals surface area contributed by atoms with E-state index in [0.29, 0.717) is 26.4 Å². The summed E-state index contributed by atoms with van der Waals surface area (Å²) >= 11 is 0. The highest BCUT2D eigenvalue weighted by Gasteiger charge is 2.65. The summed E-state index contributed by atoms with van der Waals surface area (Å²) in [5.74, 6) is -11.3. The van der Waals surface area contributed by atoms with Crippen LogP contribution < -0.4 is 0 Å². The second-order valence-electron chi connectivity index (χ2n) is 7.07. The molecule has 0 aromatic carbocycles. The van der Waals surface area contributed by atoms with Crippen molar-refractivity contribution >= 4 is 23.9 Å². The molecule has 0 aromatic rings. The van der Waals surface area contributed by atoms with Gasteiger partial charge in [-0.2, -0.15) is 0 Å². The van der Waals surface area contributed by atoms with Gasteiger partial charge in [0.05, 0.1) is 76.5 Å².